The summed E-state index contributed by atoms with van der Waals surface area (Å²) in [5.41, 5.74) is 1.42. The predicted octanol–water partition coefficient (Wildman–Crippen LogP) is 4.65. The number of amides is 2. The molecule has 2 unspecified atom stereocenters. The SMILES string of the molecule is CCOc1cc(NC(=O)C(C)OCC2CCCCO2)c(OCC)cc1NC(=O)c1ccccc1. The van der Waals surface area contributed by atoms with Crippen molar-refractivity contribution in [3.05, 3.63) is 48.0 Å². The minimum atomic E-state index is -0.673. The summed E-state index contributed by atoms with van der Waals surface area (Å²) in [5.74, 6) is 0.271. The van der Waals surface area contributed by atoms with Crippen LogP contribution in [0.2, 0.25) is 0 Å². The Kier molecular flexibility index (Phi) is 9.73. The Balaban J connectivity index is 1.74. The zero-order valence-electron chi connectivity index (χ0n) is 20.1. The van der Waals surface area contributed by atoms with Crippen LogP contribution < -0.4 is 20.1 Å². The number of anilines is 2. The van der Waals surface area contributed by atoms with E-state index in [9.17, 15) is 9.59 Å². The molecule has 0 aromatic heterocycles. The zero-order chi connectivity index (χ0) is 24.3. The fourth-order valence-electron chi connectivity index (χ4n) is 3.59. The Morgan fingerprint density at radius 3 is 2.24 bits per heavy atom. The van der Waals surface area contributed by atoms with E-state index in [-0.39, 0.29) is 17.9 Å². The smallest absolute Gasteiger partial charge is 0.255 e. The van der Waals surface area contributed by atoms with Gasteiger partial charge in [-0.2, -0.15) is 0 Å². The molecule has 184 valence electrons. The van der Waals surface area contributed by atoms with Gasteiger partial charge in [-0.1, -0.05) is 18.2 Å². The monoisotopic (exact) mass is 470 g/mol. The molecular formula is C26H34N2O6. The summed E-state index contributed by atoms with van der Waals surface area (Å²) in [6.45, 7) is 7.28. The number of hydrogen-bond donors (Lipinski definition) is 2. The van der Waals surface area contributed by atoms with Crippen LogP contribution in [-0.2, 0) is 14.3 Å². The Labute approximate surface area is 200 Å². The average Bonchev–Trinajstić information content (AvgIpc) is 2.86. The minimum absolute atomic E-state index is 0.0278. The normalized spacial score (nSPS) is 16.4. The van der Waals surface area contributed by atoms with Crippen LogP contribution in [0.5, 0.6) is 11.5 Å². The van der Waals surface area contributed by atoms with Crippen molar-refractivity contribution in [1.29, 1.82) is 0 Å². The maximum Gasteiger partial charge on any atom is 0.255 e. The summed E-state index contributed by atoms with van der Waals surface area (Å²) in [7, 11) is 0. The number of carbonyl (C=O) groups is 2. The van der Waals surface area contributed by atoms with E-state index in [1.807, 2.05) is 19.9 Å². The third kappa shape index (κ3) is 7.20. The molecule has 8 heteroatoms. The molecule has 0 bridgehead atoms. The van der Waals surface area contributed by atoms with E-state index in [2.05, 4.69) is 10.6 Å². The van der Waals surface area contributed by atoms with Gasteiger partial charge in [-0.25, -0.2) is 0 Å². The van der Waals surface area contributed by atoms with Crippen molar-refractivity contribution < 1.29 is 28.5 Å². The van der Waals surface area contributed by atoms with Crippen LogP contribution in [0.25, 0.3) is 0 Å². The molecule has 3 rings (SSSR count). The van der Waals surface area contributed by atoms with Gasteiger partial charge in [-0.05, 0) is 52.2 Å². The molecule has 0 aliphatic carbocycles. The second kappa shape index (κ2) is 13.0. The molecule has 2 amide bonds. The van der Waals surface area contributed by atoms with Crippen molar-refractivity contribution in [3.63, 3.8) is 0 Å². The number of nitrogens with one attached hydrogen (secondary N) is 2. The number of hydrogen-bond acceptors (Lipinski definition) is 6. The highest BCUT2D eigenvalue weighted by molar-refractivity contribution is 6.05. The maximum absolute atomic E-state index is 12.8. The molecule has 2 aromatic carbocycles. The molecule has 2 atom stereocenters. The average molecular weight is 471 g/mol. The van der Waals surface area contributed by atoms with Crippen LogP contribution in [0.15, 0.2) is 42.5 Å². The number of benzene rings is 2. The van der Waals surface area contributed by atoms with Crippen molar-refractivity contribution in [1.82, 2.24) is 0 Å². The molecule has 2 aromatic rings. The quantitative estimate of drug-likeness (QED) is 0.496. The van der Waals surface area contributed by atoms with Gasteiger partial charge < -0.3 is 29.6 Å². The van der Waals surface area contributed by atoms with Gasteiger partial charge in [0.15, 0.2) is 0 Å². The van der Waals surface area contributed by atoms with Crippen LogP contribution in [0.1, 0.15) is 50.4 Å². The van der Waals surface area contributed by atoms with E-state index in [4.69, 9.17) is 18.9 Å². The molecule has 1 fully saturated rings. The van der Waals surface area contributed by atoms with Crippen LogP contribution in [0.4, 0.5) is 11.4 Å². The molecule has 8 nitrogen and oxygen atoms in total. The highest BCUT2D eigenvalue weighted by Crippen LogP contribution is 2.37. The van der Waals surface area contributed by atoms with E-state index in [0.29, 0.717) is 48.3 Å². The standard InChI is InChI=1S/C26H34N2O6/c1-4-31-23-16-22(28-26(30)19-11-7-6-8-12-19)24(32-5-2)15-21(23)27-25(29)18(3)34-17-20-13-9-10-14-33-20/h6-8,11-12,15-16,18,20H,4-5,9-10,13-14,17H2,1-3H3,(H,27,29)(H,28,30). The summed E-state index contributed by atoms with van der Waals surface area (Å²) in [4.78, 5) is 25.5. The number of rotatable bonds is 11. The lowest BCUT2D eigenvalue weighted by Crippen LogP contribution is -2.32. The van der Waals surface area contributed by atoms with Crippen molar-refractivity contribution >= 4 is 23.2 Å². The summed E-state index contributed by atoms with van der Waals surface area (Å²) >= 11 is 0. The topological polar surface area (TPSA) is 95.1 Å². The molecule has 34 heavy (non-hydrogen) atoms. The van der Waals surface area contributed by atoms with Gasteiger partial charge in [0.25, 0.3) is 11.8 Å². The first-order valence-corrected chi connectivity index (χ1v) is 11.9. The van der Waals surface area contributed by atoms with Crippen LogP contribution >= 0.6 is 0 Å². The van der Waals surface area contributed by atoms with Crippen LogP contribution in [0.3, 0.4) is 0 Å². The van der Waals surface area contributed by atoms with Gasteiger partial charge in [-0.3, -0.25) is 9.59 Å². The van der Waals surface area contributed by atoms with E-state index in [1.165, 1.54) is 0 Å². The van der Waals surface area contributed by atoms with E-state index < -0.39 is 6.10 Å². The molecule has 1 aliphatic heterocycles. The minimum Gasteiger partial charge on any atom is -0.492 e. The lowest BCUT2D eigenvalue weighted by Gasteiger charge is -2.24. The van der Waals surface area contributed by atoms with E-state index in [1.54, 1.807) is 43.3 Å². The third-order valence-electron chi connectivity index (χ3n) is 5.40. The molecule has 1 aliphatic rings. The number of carbonyl (C=O) groups excluding carboxylic acids is 2. The largest absolute Gasteiger partial charge is 0.492 e. The Hall–Kier alpha value is -3.10. The maximum atomic E-state index is 12.8. The van der Waals surface area contributed by atoms with Gasteiger partial charge in [0.1, 0.15) is 17.6 Å². The van der Waals surface area contributed by atoms with Gasteiger partial charge in [0, 0.05) is 24.3 Å². The fraction of sp³-hybridized carbons (Fsp3) is 0.462. The molecule has 0 saturated carbocycles. The Bertz CT molecular complexity index is 944. The second-order valence-electron chi connectivity index (χ2n) is 7.98. The van der Waals surface area contributed by atoms with Crippen LogP contribution in [-0.4, -0.2) is 50.4 Å². The molecule has 2 N–H and O–H groups in total. The summed E-state index contributed by atoms with van der Waals surface area (Å²) in [5, 5.41) is 5.75. The summed E-state index contributed by atoms with van der Waals surface area (Å²) in [6, 6.07) is 12.2. The molecule has 1 saturated heterocycles. The van der Waals surface area contributed by atoms with Crippen LogP contribution in [0, 0.1) is 0 Å². The van der Waals surface area contributed by atoms with Gasteiger partial charge in [0.05, 0.1) is 37.3 Å². The van der Waals surface area contributed by atoms with Gasteiger partial charge >= 0.3 is 0 Å². The first-order valence-electron chi connectivity index (χ1n) is 11.9. The van der Waals surface area contributed by atoms with E-state index in [0.717, 1.165) is 25.9 Å². The molecule has 1 heterocycles. The van der Waals surface area contributed by atoms with Crippen molar-refractivity contribution in [2.75, 3.05) is 37.1 Å². The summed E-state index contributed by atoms with van der Waals surface area (Å²) < 4.78 is 22.9. The lowest BCUT2D eigenvalue weighted by molar-refractivity contribution is -0.130. The zero-order valence-corrected chi connectivity index (χ0v) is 20.1. The summed E-state index contributed by atoms with van der Waals surface area (Å²) in [6.07, 6.45) is 2.47. The highest BCUT2D eigenvalue weighted by atomic mass is 16.5. The van der Waals surface area contributed by atoms with Crippen molar-refractivity contribution in [3.8, 4) is 11.5 Å². The predicted molar refractivity (Wildman–Crippen MR) is 131 cm³/mol. The number of ether oxygens (including phenoxy) is 4. The Morgan fingerprint density at radius 1 is 1.00 bits per heavy atom. The third-order valence-corrected chi connectivity index (χ3v) is 5.40. The molecular weight excluding hydrogens is 436 g/mol. The van der Waals surface area contributed by atoms with Crippen molar-refractivity contribution in [2.24, 2.45) is 0 Å². The molecule has 0 spiro atoms. The molecule has 0 radical (unpaired) electrons. The fourth-order valence-corrected chi connectivity index (χ4v) is 3.59. The first-order chi connectivity index (χ1) is 16.5. The Morgan fingerprint density at radius 2 is 1.65 bits per heavy atom. The van der Waals surface area contributed by atoms with Crippen molar-refractivity contribution in [2.45, 2.75) is 52.2 Å². The van der Waals surface area contributed by atoms with Gasteiger partial charge in [0.2, 0.25) is 0 Å². The van der Waals surface area contributed by atoms with Gasteiger partial charge in [-0.15, -0.1) is 0 Å². The lowest BCUT2D eigenvalue weighted by atomic mass is 10.1. The van der Waals surface area contributed by atoms with E-state index >= 15 is 0 Å². The first kappa shape index (κ1) is 25.5. The highest BCUT2D eigenvalue weighted by Gasteiger charge is 2.22. The second-order valence-corrected chi connectivity index (χ2v) is 7.98.